The van der Waals surface area contributed by atoms with Gasteiger partial charge in [0.25, 0.3) is 0 Å². The molecule has 3 heterocycles. The van der Waals surface area contributed by atoms with E-state index in [1.807, 2.05) is 0 Å². The molecule has 0 aromatic heterocycles. The number of fused-ring (bicyclic) bond motifs is 1. The Morgan fingerprint density at radius 3 is 2.49 bits per heavy atom. The van der Waals surface area contributed by atoms with Crippen molar-refractivity contribution in [3.63, 3.8) is 0 Å². The fourth-order valence-corrected chi connectivity index (χ4v) is 7.30. The third-order valence-corrected chi connectivity index (χ3v) is 9.42. The van der Waals surface area contributed by atoms with Crippen molar-refractivity contribution in [2.24, 2.45) is 0 Å². The second kappa shape index (κ2) is 14.1. The fourth-order valence-electron chi connectivity index (χ4n) is 4.17. The Bertz CT molecular complexity index is 826. The van der Waals surface area contributed by atoms with E-state index in [1.54, 1.807) is 12.7 Å². The maximum absolute atomic E-state index is 11.9. The molecule has 210 valence electrons. The summed E-state index contributed by atoms with van der Waals surface area (Å²) in [6, 6.07) is -2.04. The zero-order valence-electron chi connectivity index (χ0n) is 20.8. The van der Waals surface area contributed by atoms with Crippen LogP contribution in [0.1, 0.15) is 6.92 Å². The Hall–Kier alpha value is 0.0999. The van der Waals surface area contributed by atoms with Gasteiger partial charge in [0, 0.05) is 25.8 Å². The van der Waals surface area contributed by atoms with Crippen LogP contribution in [0.25, 0.3) is 0 Å². The predicted molar refractivity (Wildman–Crippen MR) is 131 cm³/mol. The Labute approximate surface area is 218 Å². The lowest BCUT2D eigenvalue weighted by molar-refractivity contribution is -0.234. The number of ether oxygens (including phenoxy) is 4. The van der Waals surface area contributed by atoms with Gasteiger partial charge < -0.3 is 43.1 Å². The van der Waals surface area contributed by atoms with Gasteiger partial charge in [-0.3, -0.25) is 13.9 Å². The molecule has 0 amide bonds. The molecule has 15 nitrogen and oxygen atoms in total. The number of rotatable bonds is 11. The summed E-state index contributed by atoms with van der Waals surface area (Å²) in [7, 11) is 6.19. The van der Waals surface area contributed by atoms with Crippen molar-refractivity contribution in [1.82, 2.24) is 11.1 Å². The maximum Gasteiger partial charge on any atom is 0.325 e. The Morgan fingerprint density at radius 1 is 1.11 bits per heavy atom. The van der Waals surface area contributed by atoms with Crippen LogP contribution >= 0.6 is 14.9 Å². The number of hydrogen-bond acceptors (Lipinski definition) is 14. The topological polar surface area (TPSA) is 185 Å². The summed E-state index contributed by atoms with van der Waals surface area (Å²) < 4.78 is 52.2. The first-order valence-electron chi connectivity index (χ1n) is 11.6. The van der Waals surface area contributed by atoms with Gasteiger partial charge in [-0.05, 0) is 12.7 Å². The molecule has 37 heavy (non-hydrogen) atoms. The van der Waals surface area contributed by atoms with Crippen LogP contribution < -0.4 is 11.1 Å². The Kier molecular flexibility index (Phi) is 12.1. The van der Waals surface area contributed by atoms with E-state index in [9.17, 15) is 19.7 Å². The molecule has 0 aromatic rings. The molecule has 11 atom stereocenters. The first-order chi connectivity index (χ1) is 17.5. The van der Waals surface area contributed by atoms with E-state index in [0.717, 1.165) is 6.66 Å². The van der Waals surface area contributed by atoms with Gasteiger partial charge in [0.05, 0.1) is 33.0 Å². The van der Waals surface area contributed by atoms with Crippen molar-refractivity contribution < 1.29 is 62.0 Å². The molecular formula is C18H34B2N2O13P2. The summed E-state index contributed by atoms with van der Waals surface area (Å²) >= 11 is 0. The summed E-state index contributed by atoms with van der Waals surface area (Å²) in [6.45, 7) is 2.17. The molecule has 4 radical (unpaired) electrons. The second-order valence-corrected chi connectivity index (χ2v) is 13.2. The third kappa shape index (κ3) is 8.07. The van der Waals surface area contributed by atoms with Crippen LogP contribution in [0.3, 0.4) is 0 Å². The Balaban J connectivity index is 1.86. The zero-order chi connectivity index (χ0) is 27.2. The van der Waals surface area contributed by atoms with Crippen LogP contribution in [-0.2, 0) is 46.9 Å². The highest BCUT2D eigenvalue weighted by Gasteiger charge is 2.49. The quantitative estimate of drug-likeness (QED) is 0.132. The van der Waals surface area contributed by atoms with Crippen LogP contribution in [0, 0.1) is 0 Å². The van der Waals surface area contributed by atoms with E-state index < -0.39 is 69.4 Å². The van der Waals surface area contributed by atoms with E-state index in [2.05, 4.69) is 11.1 Å². The smallest absolute Gasteiger partial charge is 0.325 e. The molecule has 0 aliphatic carbocycles. The number of hydroxylamine groups is 1. The van der Waals surface area contributed by atoms with Crippen molar-refractivity contribution in [2.45, 2.75) is 61.4 Å². The molecule has 0 saturated carbocycles. The number of nitrogens with one attached hydrogen (secondary N) is 2. The van der Waals surface area contributed by atoms with Crippen molar-refractivity contribution in [2.75, 3.05) is 46.7 Å². The molecule has 7 unspecified atom stereocenters. The molecule has 5 N–H and O–H groups in total. The first kappa shape index (κ1) is 31.6. The lowest BCUT2D eigenvalue weighted by atomic mass is 9.93. The van der Waals surface area contributed by atoms with Gasteiger partial charge in [-0.1, -0.05) is 5.64 Å². The van der Waals surface area contributed by atoms with Crippen LogP contribution in [0.15, 0.2) is 0 Å². The van der Waals surface area contributed by atoms with Gasteiger partial charge in [-0.15, -0.1) is 0 Å². The molecule has 3 aliphatic rings. The highest BCUT2D eigenvalue weighted by atomic mass is 31.2. The molecule has 0 bridgehead atoms. The van der Waals surface area contributed by atoms with Crippen molar-refractivity contribution in [3.05, 3.63) is 0 Å². The van der Waals surface area contributed by atoms with E-state index in [0.29, 0.717) is 0 Å². The SMILES string of the molecule is [B][C@@H]1O[C@H](COP(=CC)(OCCO)C2CNONOC3C(O2)[C@@H](COC)O[C@H]3[B])C(OP(C)(=O)O)C1O. The van der Waals surface area contributed by atoms with Gasteiger partial charge in [-0.2, -0.15) is 10.4 Å². The minimum Gasteiger partial charge on any atom is -0.394 e. The predicted octanol–water partition coefficient (Wildman–Crippen LogP) is -2.27. The highest BCUT2D eigenvalue weighted by Crippen LogP contribution is 2.56. The normalized spacial score (nSPS) is 40.1. The molecule has 19 heteroatoms. The molecule has 3 fully saturated rings. The van der Waals surface area contributed by atoms with Gasteiger partial charge in [0.15, 0.2) is 0 Å². The lowest BCUT2D eigenvalue weighted by Gasteiger charge is -2.36. The van der Waals surface area contributed by atoms with Crippen molar-refractivity contribution in [1.29, 1.82) is 0 Å². The fraction of sp³-hybridized carbons (Fsp3) is 0.944. The average Bonchev–Trinajstić information content (AvgIpc) is 3.31. The molecule has 3 saturated heterocycles. The van der Waals surface area contributed by atoms with Crippen LogP contribution in [0.2, 0.25) is 0 Å². The standard InChI is InChI=1S/C18H34B2N2O13P2/c1-4-37(28-6-5-23,29-9-11-14(34-36(3,25)26)13(24)17(19)30-11)12-7-21-35-22-33-16-15(32-12)10(8-27-2)31-18(16)20/h4,10-18,21-24H,5-9H2,1-3H3,(H,25,26)/t10-,11-,12?,13?,14?,15?,16?,17-,18-,37?/m1/s1. The first-order valence-corrected chi connectivity index (χ1v) is 15.4. The molecule has 0 aromatic carbocycles. The van der Waals surface area contributed by atoms with Crippen LogP contribution in [-0.4, -0.2) is 138 Å². The summed E-state index contributed by atoms with van der Waals surface area (Å²) in [5, 5.41) is 19.8. The van der Waals surface area contributed by atoms with E-state index >= 15 is 0 Å². The number of aliphatic hydroxyl groups excluding tert-OH is 2. The number of aliphatic hydroxyl groups is 2. The summed E-state index contributed by atoms with van der Waals surface area (Å²) in [5.41, 5.74) is 4.95. The summed E-state index contributed by atoms with van der Waals surface area (Å²) in [4.78, 5) is 20.3. The van der Waals surface area contributed by atoms with Crippen LogP contribution in [0.5, 0.6) is 0 Å². The van der Waals surface area contributed by atoms with E-state index in [1.165, 1.54) is 7.11 Å². The summed E-state index contributed by atoms with van der Waals surface area (Å²) in [5.74, 6) is 0.803. The monoisotopic (exact) mass is 570 g/mol. The van der Waals surface area contributed by atoms with Gasteiger partial charge in [-0.25, -0.2) is 0 Å². The van der Waals surface area contributed by atoms with Gasteiger partial charge >= 0.3 is 7.60 Å². The Morgan fingerprint density at radius 2 is 1.84 bits per heavy atom. The molecular weight excluding hydrogens is 536 g/mol. The van der Waals surface area contributed by atoms with Crippen molar-refractivity contribution >= 4 is 36.4 Å². The largest absolute Gasteiger partial charge is 0.394 e. The van der Waals surface area contributed by atoms with Gasteiger partial charge in [0.1, 0.15) is 65.5 Å². The molecule has 3 aliphatic heterocycles. The molecule has 3 rings (SSSR count). The van der Waals surface area contributed by atoms with Crippen molar-refractivity contribution in [3.8, 4) is 0 Å². The maximum atomic E-state index is 11.9. The number of hydrogen-bond donors (Lipinski definition) is 5. The van der Waals surface area contributed by atoms with E-state index in [-0.39, 0.29) is 33.0 Å². The lowest BCUT2D eigenvalue weighted by Crippen LogP contribution is -2.43. The minimum atomic E-state index is -4.00. The number of methoxy groups -OCH3 is 1. The highest BCUT2D eigenvalue weighted by molar-refractivity contribution is 7.66. The minimum absolute atomic E-state index is 0.0203. The second-order valence-electron chi connectivity index (χ2n) is 8.52. The zero-order valence-corrected chi connectivity index (χ0v) is 22.6. The van der Waals surface area contributed by atoms with Gasteiger partial charge in [0.2, 0.25) is 0 Å². The third-order valence-electron chi connectivity index (χ3n) is 5.82. The average molecular weight is 570 g/mol. The summed E-state index contributed by atoms with van der Waals surface area (Å²) in [6.07, 6.45) is -5.79. The van der Waals surface area contributed by atoms with Crippen LogP contribution in [0.4, 0.5) is 0 Å². The molecule has 0 spiro atoms. The van der Waals surface area contributed by atoms with E-state index in [4.69, 9.17) is 58.0 Å².